The molecule has 1 aromatic carbocycles. The van der Waals surface area contributed by atoms with Crippen LogP contribution in [0.2, 0.25) is 0 Å². The number of benzene rings is 1. The number of aliphatic hydroxyl groups excluding tert-OH is 1. The van der Waals surface area contributed by atoms with Crippen molar-refractivity contribution < 1.29 is 5.11 Å². The molecule has 18 heavy (non-hydrogen) atoms. The summed E-state index contributed by atoms with van der Waals surface area (Å²) < 4.78 is 0. The first-order valence-electron chi connectivity index (χ1n) is 6.95. The fraction of sp³-hybridized carbons (Fsp3) is 0.625. The SMILES string of the molecule is Cc1cccc(N2CCC(CCO)C(C)(C)C2)c1. The van der Waals surface area contributed by atoms with Gasteiger partial charge in [-0.2, -0.15) is 0 Å². The minimum atomic E-state index is 0.282. The molecule has 2 nitrogen and oxygen atoms in total. The van der Waals surface area contributed by atoms with E-state index < -0.39 is 0 Å². The van der Waals surface area contributed by atoms with Crippen LogP contribution in [0, 0.1) is 18.3 Å². The smallest absolute Gasteiger partial charge is 0.0433 e. The van der Waals surface area contributed by atoms with Crippen molar-refractivity contribution >= 4 is 5.69 Å². The van der Waals surface area contributed by atoms with Crippen molar-refractivity contribution in [3.8, 4) is 0 Å². The summed E-state index contributed by atoms with van der Waals surface area (Å²) in [5.41, 5.74) is 2.94. The standard InChI is InChI=1S/C16H25NO/c1-13-5-4-6-15(11-13)17-9-7-14(8-10-18)16(2,3)12-17/h4-6,11,14,18H,7-10,12H2,1-3H3. The topological polar surface area (TPSA) is 23.5 Å². The fourth-order valence-corrected chi connectivity index (χ4v) is 3.14. The van der Waals surface area contributed by atoms with E-state index in [-0.39, 0.29) is 5.41 Å². The fourth-order valence-electron chi connectivity index (χ4n) is 3.14. The van der Waals surface area contributed by atoms with Gasteiger partial charge in [-0.1, -0.05) is 26.0 Å². The van der Waals surface area contributed by atoms with E-state index >= 15 is 0 Å². The summed E-state index contributed by atoms with van der Waals surface area (Å²) in [5.74, 6) is 0.642. The average Bonchev–Trinajstić information content (AvgIpc) is 2.31. The zero-order valence-electron chi connectivity index (χ0n) is 11.8. The van der Waals surface area contributed by atoms with Crippen molar-refractivity contribution in [3.63, 3.8) is 0 Å². The third-order valence-corrected chi connectivity index (χ3v) is 4.30. The van der Waals surface area contributed by atoms with Crippen LogP contribution in [0.1, 0.15) is 32.3 Å². The van der Waals surface area contributed by atoms with Crippen LogP contribution >= 0.6 is 0 Å². The molecule has 1 aromatic rings. The Bertz CT molecular complexity index is 400. The van der Waals surface area contributed by atoms with E-state index in [4.69, 9.17) is 5.11 Å². The number of anilines is 1. The largest absolute Gasteiger partial charge is 0.396 e. The summed E-state index contributed by atoms with van der Waals surface area (Å²) in [5, 5.41) is 9.16. The highest BCUT2D eigenvalue weighted by atomic mass is 16.3. The van der Waals surface area contributed by atoms with Gasteiger partial charge in [-0.15, -0.1) is 0 Å². The van der Waals surface area contributed by atoms with Gasteiger partial charge in [0.2, 0.25) is 0 Å². The van der Waals surface area contributed by atoms with Gasteiger partial charge in [0.05, 0.1) is 0 Å². The number of rotatable bonds is 3. The molecule has 1 atom stereocenters. The van der Waals surface area contributed by atoms with Gasteiger partial charge in [-0.25, -0.2) is 0 Å². The molecule has 0 aromatic heterocycles. The van der Waals surface area contributed by atoms with E-state index in [2.05, 4.69) is 49.9 Å². The Kier molecular flexibility index (Phi) is 3.96. The minimum Gasteiger partial charge on any atom is -0.396 e. The number of hydrogen-bond donors (Lipinski definition) is 1. The number of aliphatic hydroxyl groups is 1. The molecule has 1 aliphatic heterocycles. The highest BCUT2D eigenvalue weighted by Gasteiger charge is 2.35. The Labute approximate surface area is 111 Å². The van der Waals surface area contributed by atoms with E-state index in [9.17, 15) is 0 Å². The zero-order valence-corrected chi connectivity index (χ0v) is 11.8. The predicted octanol–water partition coefficient (Wildman–Crippen LogP) is 3.23. The number of hydrogen-bond acceptors (Lipinski definition) is 2. The second kappa shape index (κ2) is 5.31. The maximum atomic E-state index is 9.16. The first-order valence-corrected chi connectivity index (χ1v) is 6.95. The normalized spacial score (nSPS) is 23.1. The van der Waals surface area contributed by atoms with Gasteiger partial charge in [0.1, 0.15) is 0 Å². The van der Waals surface area contributed by atoms with Crippen molar-refractivity contribution in [2.45, 2.75) is 33.6 Å². The van der Waals surface area contributed by atoms with Gasteiger partial charge in [0.15, 0.2) is 0 Å². The summed E-state index contributed by atoms with van der Waals surface area (Å²) in [6.45, 7) is 9.31. The molecule has 1 heterocycles. The summed E-state index contributed by atoms with van der Waals surface area (Å²) in [6.07, 6.45) is 2.12. The molecule has 0 saturated carbocycles. The van der Waals surface area contributed by atoms with Crippen molar-refractivity contribution in [2.75, 3.05) is 24.6 Å². The van der Waals surface area contributed by atoms with Crippen molar-refractivity contribution in [1.82, 2.24) is 0 Å². The van der Waals surface area contributed by atoms with Crippen molar-refractivity contribution in [1.29, 1.82) is 0 Å². The summed E-state index contributed by atoms with van der Waals surface area (Å²) >= 11 is 0. The van der Waals surface area contributed by atoms with Crippen LogP contribution in [0.4, 0.5) is 5.69 Å². The summed E-state index contributed by atoms with van der Waals surface area (Å²) in [7, 11) is 0. The minimum absolute atomic E-state index is 0.282. The molecule has 2 rings (SSSR count). The van der Waals surface area contributed by atoms with E-state index in [0.717, 1.165) is 19.5 Å². The molecule has 0 spiro atoms. The highest BCUT2D eigenvalue weighted by molar-refractivity contribution is 5.49. The van der Waals surface area contributed by atoms with Gasteiger partial charge in [0.25, 0.3) is 0 Å². The second-order valence-corrected chi connectivity index (χ2v) is 6.25. The van der Waals surface area contributed by atoms with Crippen LogP contribution in [-0.2, 0) is 0 Å². The molecule has 2 heteroatoms. The third kappa shape index (κ3) is 2.86. The van der Waals surface area contributed by atoms with Crippen LogP contribution in [0.5, 0.6) is 0 Å². The molecular weight excluding hydrogens is 222 g/mol. The van der Waals surface area contributed by atoms with Crippen LogP contribution < -0.4 is 4.90 Å². The average molecular weight is 247 g/mol. The van der Waals surface area contributed by atoms with Gasteiger partial charge >= 0.3 is 0 Å². The van der Waals surface area contributed by atoms with Crippen LogP contribution in [-0.4, -0.2) is 24.8 Å². The maximum Gasteiger partial charge on any atom is 0.0433 e. The molecule has 100 valence electrons. The van der Waals surface area contributed by atoms with E-state index in [1.165, 1.54) is 17.7 Å². The first kappa shape index (κ1) is 13.4. The molecule has 0 aliphatic carbocycles. The number of piperidine rings is 1. The quantitative estimate of drug-likeness (QED) is 0.886. The monoisotopic (exact) mass is 247 g/mol. The molecule has 1 fully saturated rings. The van der Waals surface area contributed by atoms with Crippen LogP contribution in [0.15, 0.2) is 24.3 Å². The highest BCUT2D eigenvalue weighted by Crippen LogP contribution is 2.38. The Morgan fingerprint density at radius 2 is 2.17 bits per heavy atom. The lowest BCUT2D eigenvalue weighted by molar-refractivity contribution is 0.134. The lowest BCUT2D eigenvalue weighted by Crippen LogP contribution is -2.46. The van der Waals surface area contributed by atoms with Gasteiger partial charge < -0.3 is 10.0 Å². The van der Waals surface area contributed by atoms with Crippen LogP contribution in [0.25, 0.3) is 0 Å². The number of nitrogens with zero attached hydrogens (tertiary/aromatic N) is 1. The lowest BCUT2D eigenvalue weighted by atomic mass is 9.72. The maximum absolute atomic E-state index is 9.16. The van der Waals surface area contributed by atoms with Gasteiger partial charge in [-0.05, 0) is 48.8 Å². The lowest BCUT2D eigenvalue weighted by Gasteiger charge is -2.45. The van der Waals surface area contributed by atoms with E-state index in [1.54, 1.807) is 0 Å². The third-order valence-electron chi connectivity index (χ3n) is 4.30. The Hall–Kier alpha value is -1.02. The van der Waals surface area contributed by atoms with Crippen molar-refractivity contribution in [3.05, 3.63) is 29.8 Å². The zero-order chi connectivity index (χ0) is 13.2. The second-order valence-electron chi connectivity index (χ2n) is 6.25. The summed E-state index contributed by atoms with van der Waals surface area (Å²) in [4.78, 5) is 2.49. The Morgan fingerprint density at radius 1 is 1.39 bits per heavy atom. The molecule has 1 N–H and O–H groups in total. The summed E-state index contributed by atoms with van der Waals surface area (Å²) in [6, 6.07) is 8.75. The molecule has 1 unspecified atom stereocenters. The van der Waals surface area contributed by atoms with E-state index in [0.29, 0.717) is 12.5 Å². The van der Waals surface area contributed by atoms with Gasteiger partial charge in [-0.3, -0.25) is 0 Å². The molecular formula is C16H25NO. The van der Waals surface area contributed by atoms with E-state index in [1.807, 2.05) is 0 Å². The van der Waals surface area contributed by atoms with Crippen molar-refractivity contribution in [2.24, 2.45) is 11.3 Å². The first-order chi connectivity index (χ1) is 8.53. The Morgan fingerprint density at radius 3 is 2.78 bits per heavy atom. The van der Waals surface area contributed by atoms with Gasteiger partial charge in [0, 0.05) is 25.4 Å². The predicted molar refractivity (Wildman–Crippen MR) is 77.0 cm³/mol. The molecule has 0 bridgehead atoms. The number of aryl methyl sites for hydroxylation is 1. The van der Waals surface area contributed by atoms with Crippen LogP contribution in [0.3, 0.4) is 0 Å². The molecule has 1 aliphatic rings. The molecule has 1 saturated heterocycles. The molecule has 0 amide bonds. The molecule has 0 radical (unpaired) electrons. The Balaban J connectivity index is 2.11.